The maximum atomic E-state index is 12.2. The Morgan fingerprint density at radius 2 is 2.00 bits per heavy atom. The van der Waals surface area contributed by atoms with Crippen LogP contribution in [-0.4, -0.2) is 34.7 Å². The van der Waals surface area contributed by atoms with Gasteiger partial charge in [0, 0.05) is 6.54 Å². The first-order chi connectivity index (χ1) is 10.2. The number of carbonyl (C=O) groups excluding carboxylic acids is 1. The molecule has 0 unspecified atom stereocenters. The van der Waals surface area contributed by atoms with Crippen molar-refractivity contribution in [3.63, 3.8) is 0 Å². The van der Waals surface area contributed by atoms with E-state index in [0.717, 1.165) is 24.8 Å². The van der Waals surface area contributed by atoms with Crippen molar-refractivity contribution in [2.24, 2.45) is 11.8 Å². The summed E-state index contributed by atoms with van der Waals surface area (Å²) in [7, 11) is 0. The van der Waals surface area contributed by atoms with Crippen LogP contribution in [0.5, 0.6) is 0 Å². The molecule has 3 atom stereocenters. The van der Waals surface area contributed by atoms with E-state index in [1.807, 2.05) is 30.3 Å². The molecule has 1 aliphatic heterocycles. The summed E-state index contributed by atoms with van der Waals surface area (Å²) in [6, 6.07) is 9.32. The van der Waals surface area contributed by atoms with E-state index < -0.39 is 11.9 Å². The van der Waals surface area contributed by atoms with Gasteiger partial charge in [0.1, 0.15) is 6.61 Å². The van der Waals surface area contributed by atoms with Crippen molar-refractivity contribution >= 4 is 12.1 Å². The summed E-state index contributed by atoms with van der Waals surface area (Å²) in [6.45, 7) is 0.823. The molecule has 1 N–H and O–H groups in total. The molecule has 112 valence electrons. The number of nitrogens with zero attached hydrogens (tertiary/aromatic N) is 1. The third-order valence-corrected chi connectivity index (χ3v) is 4.40. The van der Waals surface area contributed by atoms with Crippen molar-refractivity contribution in [2.75, 3.05) is 6.54 Å². The summed E-state index contributed by atoms with van der Waals surface area (Å²) >= 11 is 0. The van der Waals surface area contributed by atoms with Crippen molar-refractivity contribution in [2.45, 2.75) is 31.9 Å². The second-order valence-corrected chi connectivity index (χ2v) is 5.75. The Balaban J connectivity index is 1.62. The minimum atomic E-state index is -0.798. The second-order valence-electron chi connectivity index (χ2n) is 5.75. The Hall–Kier alpha value is -2.04. The van der Waals surface area contributed by atoms with Gasteiger partial charge in [-0.2, -0.15) is 0 Å². The zero-order chi connectivity index (χ0) is 14.8. The van der Waals surface area contributed by atoms with E-state index in [0.29, 0.717) is 6.54 Å². The summed E-state index contributed by atoms with van der Waals surface area (Å²) in [4.78, 5) is 25.1. The molecular formula is C16H19NO4. The van der Waals surface area contributed by atoms with Crippen LogP contribution in [0.1, 0.15) is 24.8 Å². The van der Waals surface area contributed by atoms with Crippen molar-refractivity contribution in [1.82, 2.24) is 4.90 Å². The first kappa shape index (κ1) is 13.9. The van der Waals surface area contributed by atoms with Crippen LogP contribution in [-0.2, 0) is 16.1 Å². The Morgan fingerprint density at radius 1 is 1.24 bits per heavy atom. The van der Waals surface area contributed by atoms with E-state index in [2.05, 4.69) is 0 Å². The van der Waals surface area contributed by atoms with Crippen molar-refractivity contribution in [1.29, 1.82) is 0 Å². The summed E-state index contributed by atoms with van der Waals surface area (Å²) in [6.07, 6.45) is 2.40. The van der Waals surface area contributed by atoms with Crippen LogP contribution < -0.4 is 0 Å². The normalized spacial score (nSPS) is 27.4. The third-order valence-electron chi connectivity index (χ3n) is 4.40. The molecule has 1 aliphatic carbocycles. The highest BCUT2D eigenvalue weighted by molar-refractivity contribution is 5.78. The number of hydrogen-bond donors (Lipinski definition) is 1. The van der Waals surface area contributed by atoms with Gasteiger partial charge in [0.05, 0.1) is 12.0 Å². The van der Waals surface area contributed by atoms with E-state index in [-0.39, 0.29) is 24.7 Å². The molecule has 1 saturated heterocycles. The van der Waals surface area contributed by atoms with E-state index in [9.17, 15) is 14.7 Å². The average molecular weight is 289 g/mol. The number of carboxylic acids is 1. The van der Waals surface area contributed by atoms with Crippen LogP contribution >= 0.6 is 0 Å². The lowest BCUT2D eigenvalue weighted by Gasteiger charge is -2.21. The van der Waals surface area contributed by atoms with Crippen molar-refractivity contribution in [3.05, 3.63) is 35.9 Å². The molecule has 2 fully saturated rings. The van der Waals surface area contributed by atoms with Crippen LogP contribution in [0, 0.1) is 11.8 Å². The SMILES string of the molecule is O=C(O)[C@H]1[C@@H]2CCCCN(C(=O)OCc3ccccc3)[C@@H]21. The lowest BCUT2D eigenvalue weighted by Crippen LogP contribution is -2.36. The van der Waals surface area contributed by atoms with Gasteiger partial charge in [-0.15, -0.1) is 0 Å². The van der Waals surface area contributed by atoms with Gasteiger partial charge in [0.2, 0.25) is 0 Å². The fraction of sp³-hybridized carbons (Fsp3) is 0.500. The van der Waals surface area contributed by atoms with Crippen LogP contribution in [0.4, 0.5) is 4.79 Å². The number of fused-ring (bicyclic) bond motifs is 1. The monoisotopic (exact) mass is 289 g/mol. The number of likely N-dealkylation sites (tertiary alicyclic amines) is 1. The van der Waals surface area contributed by atoms with Crippen LogP contribution in [0.15, 0.2) is 30.3 Å². The number of hydrogen-bond acceptors (Lipinski definition) is 3. The zero-order valence-electron chi connectivity index (χ0n) is 11.8. The van der Waals surface area contributed by atoms with Gasteiger partial charge in [-0.05, 0) is 24.3 Å². The summed E-state index contributed by atoms with van der Waals surface area (Å²) in [5.41, 5.74) is 0.933. The van der Waals surface area contributed by atoms with Crippen molar-refractivity contribution < 1.29 is 19.4 Å². The van der Waals surface area contributed by atoms with Crippen LogP contribution in [0.25, 0.3) is 0 Å². The van der Waals surface area contributed by atoms with Crippen molar-refractivity contribution in [3.8, 4) is 0 Å². The molecule has 1 aromatic carbocycles. The maximum Gasteiger partial charge on any atom is 0.410 e. The predicted octanol–water partition coefficient (Wildman–Crippen LogP) is 2.51. The molecule has 5 heteroatoms. The van der Waals surface area contributed by atoms with E-state index >= 15 is 0 Å². The molecule has 21 heavy (non-hydrogen) atoms. The predicted molar refractivity (Wildman–Crippen MR) is 75.6 cm³/mol. The average Bonchev–Trinajstić information content (AvgIpc) is 3.21. The molecule has 1 aromatic rings. The number of carboxylic acid groups (broad SMARTS) is 1. The largest absolute Gasteiger partial charge is 0.481 e. The molecule has 0 bridgehead atoms. The zero-order valence-corrected chi connectivity index (χ0v) is 11.8. The Kier molecular flexibility index (Phi) is 3.82. The number of rotatable bonds is 3. The quantitative estimate of drug-likeness (QED) is 0.928. The molecule has 1 saturated carbocycles. The maximum absolute atomic E-state index is 12.2. The topological polar surface area (TPSA) is 66.8 Å². The number of ether oxygens (including phenoxy) is 1. The Morgan fingerprint density at radius 3 is 2.71 bits per heavy atom. The van der Waals surface area contributed by atoms with E-state index in [4.69, 9.17) is 4.74 Å². The smallest absolute Gasteiger partial charge is 0.410 e. The number of benzene rings is 1. The molecule has 0 aromatic heterocycles. The van der Waals surface area contributed by atoms with Crippen LogP contribution in [0.2, 0.25) is 0 Å². The van der Waals surface area contributed by atoms with Gasteiger partial charge in [0.25, 0.3) is 0 Å². The number of carbonyl (C=O) groups is 2. The minimum Gasteiger partial charge on any atom is -0.481 e. The second kappa shape index (κ2) is 5.76. The molecule has 0 radical (unpaired) electrons. The first-order valence-electron chi connectivity index (χ1n) is 7.38. The molecule has 2 aliphatic rings. The van der Waals surface area contributed by atoms with Gasteiger partial charge in [-0.25, -0.2) is 4.79 Å². The first-order valence-corrected chi connectivity index (χ1v) is 7.38. The van der Waals surface area contributed by atoms with Gasteiger partial charge in [-0.3, -0.25) is 4.79 Å². The van der Waals surface area contributed by atoms with E-state index in [1.165, 1.54) is 0 Å². The van der Waals surface area contributed by atoms with Gasteiger partial charge in [0.15, 0.2) is 0 Å². The lowest BCUT2D eigenvalue weighted by molar-refractivity contribution is -0.139. The summed E-state index contributed by atoms with van der Waals surface area (Å²) in [5.74, 6) is -1.10. The molecule has 1 heterocycles. The molecule has 0 spiro atoms. The Bertz CT molecular complexity index is 530. The Labute approximate surface area is 123 Å². The number of aliphatic carboxylic acids is 1. The van der Waals surface area contributed by atoms with Gasteiger partial charge >= 0.3 is 12.1 Å². The third kappa shape index (κ3) is 2.86. The highest BCUT2D eigenvalue weighted by Gasteiger charge is 2.59. The summed E-state index contributed by atoms with van der Waals surface area (Å²) < 4.78 is 5.34. The fourth-order valence-electron chi connectivity index (χ4n) is 3.29. The van der Waals surface area contributed by atoms with Gasteiger partial charge in [-0.1, -0.05) is 36.8 Å². The summed E-state index contributed by atoms with van der Waals surface area (Å²) in [5, 5.41) is 9.20. The van der Waals surface area contributed by atoms with Crippen LogP contribution in [0.3, 0.4) is 0 Å². The van der Waals surface area contributed by atoms with Gasteiger partial charge < -0.3 is 14.7 Å². The lowest BCUT2D eigenvalue weighted by atomic mass is 10.1. The fourth-order valence-corrected chi connectivity index (χ4v) is 3.29. The molecule has 5 nitrogen and oxygen atoms in total. The highest BCUT2D eigenvalue weighted by Crippen LogP contribution is 2.48. The molecule has 3 rings (SSSR count). The highest BCUT2D eigenvalue weighted by atomic mass is 16.6. The molecule has 1 amide bonds. The molecular weight excluding hydrogens is 270 g/mol. The minimum absolute atomic E-state index is 0.106. The van der Waals surface area contributed by atoms with E-state index in [1.54, 1.807) is 4.90 Å². The number of amides is 1. The standard InChI is InChI=1S/C16H19NO4/c18-15(19)13-12-8-4-5-9-17(14(12)13)16(20)21-10-11-6-2-1-3-7-11/h1-3,6-7,12-14H,4-5,8-10H2,(H,18,19)/t12-,13-,14-/m0/s1.